The first-order chi connectivity index (χ1) is 13.5. The van der Waals surface area contributed by atoms with Gasteiger partial charge < -0.3 is 15.5 Å². The smallest absolute Gasteiger partial charge is 0.166 e. The van der Waals surface area contributed by atoms with Crippen molar-refractivity contribution in [1.82, 2.24) is 29.6 Å². The molecule has 144 valence electrons. The average molecular weight is 383 g/mol. The molecule has 0 spiro atoms. The van der Waals surface area contributed by atoms with Gasteiger partial charge in [0.15, 0.2) is 5.65 Å². The minimum atomic E-state index is -0.422. The predicted octanol–water partition coefficient (Wildman–Crippen LogP) is 2.00. The standard InChI is InChI=1S/C18H18FN7O2/c1-11(13-8-12(19)2-3-16(13)28)21-17-4-5-26-18(22-17)14(9-20-26)15-10-25(6-7-27)24-23-15/h2-5,8-11,27-28H,6-7H2,1H3,(H,21,22). The first-order valence-electron chi connectivity index (χ1n) is 8.66. The van der Waals surface area contributed by atoms with Gasteiger partial charge in [-0.1, -0.05) is 5.21 Å². The Morgan fingerprint density at radius 2 is 2.14 bits per heavy atom. The predicted molar refractivity (Wildman–Crippen MR) is 99.2 cm³/mol. The van der Waals surface area contributed by atoms with Crippen LogP contribution in [0.3, 0.4) is 0 Å². The van der Waals surface area contributed by atoms with E-state index in [-0.39, 0.29) is 18.4 Å². The van der Waals surface area contributed by atoms with Crippen LogP contribution in [0.5, 0.6) is 5.75 Å². The maximum atomic E-state index is 13.5. The summed E-state index contributed by atoms with van der Waals surface area (Å²) in [4.78, 5) is 4.57. The maximum absolute atomic E-state index is 13.5. The van der Waals surface area contributed by atoms with Gasteiger partial charge in [-0.15, -0.1) is 5.10 Å². The molecule has 9 nitrogen and oxygen atoms in total. The molecule has 0 aliphatic carbocycles. The Morgan fingerprint density at radius 3 is 2.96 bits per heavy atom. The normalized spacial score (nSPS) is 12.4. The molecule has 0 saturated carbocycles. The number of hydrogen-bond acceptors (Lipinski definition) is 7. The van der Waals surface area contributed by atoms with Crippen LogP contribution in [0, 0.1) is 5.82 Å². The van der Waals surface area contributed by atoms with Crippen molar-refractivity contribution in [1.29, 1.82) is 0 Å². The van der Waals surface area contributed by atoms with E-state index >= 15 is 0 Å². The number of nitrogens with one attached hydrogen (secondary N) is 1. The van der Waals surface area contributed by atoms with Crippen LogP contribution in [0.4, 0.5) is 10.2 Å². The zero-order valence-electron chi connectivity index (χ0n) is 15.0. The van der Waals surface area contributed by atoms with Gasteiger partial charge in [0.05, 0.1) is 37.2 Å². The number of hydrogen-bond donors (Lipinski definition) is 3. The second-order valence-corrected chi connectivity index (χ2v) is 6.30. The summed E-state index contributed by atoms with van der Waals surface area (Å²) in [5.74, 6) is 0.120. The average Bonchev–Trinajstić information content (AvgIpc) is 3.30. The van der Waals surface area contributed by atoms with Crippen LogP contribution in [0.15, 0.2) is 42.9 Å². The van der Waals surface area contributed by atoms with Crippen molar-refractivity contribution in [2.24, 2.45) is 0 Å². The quantitative estimate of drug-likeness (QED) is 0.467. The molecular weight excluding hydrogens is 365 g/mol. The van der Waals surface area contributed by atoms with Gasteiger partial charge in [-0.05, 0) is 31.2 Å². The molecule has 28 heavy (non-hydrogen) atoms. The van der Waals surface area contributed by atoms with Crippen molar-refractivity contribution in [2.75, 3.05) is 11.9 Å². The number of phenolic OH excluding ortho intramolecular Hbond substituents is 1. The topological polar surface area (TPSA) is 113 Å². The zero-order valence-corrected chi connectivity index (χ0v) is 15.0. The fraction of sp³-hybridized carbons (Fsp3) is 0.222. The fourth-order valence-electron chi connectivity index (χ4n) is 2.94. The summed E-state index contributed by atoms with van der Waals surface area (Å²) >= 11 is 0. The number of rotatable bonds is 6. The Morgan fingerprint density at radius 1 is 1.29 bits per heavy atom. The van der Waals surface area contributed by atoms with Crippen LogP contribution in [0.2, 0.25) is 0 Å². The molecule has 4 aromatic rings. The number of benzene rings is 1. The Balaban J connectivity index is 1.64. The molecule has 0 bridgehead atoms. The summed E-state index contributed by atoms with van der Waals surface area (Å²) in [6.07, 6.45) is 5.09. The van der Waals surface area contributed by atoms with E-state index in [0.717, 1.165) is 0 Å². The number of aliphatic hydroxyl groups is 1. The highest BCUT2D eigenvalue weighted by molar-refractivity contribution is 5.74. The molecular formula is C18H18FN7O2. The summed E-state index contributed by atoms with van der Waals surface area (Å²) < 4.78 is 16.7. The molecule has 0 aliphatic rings. The molecule has 3 aromatic heterocycles. The van der Waals surface area contributed by atoms with E-state index in [1.165, 1.54) is 22.9 Å². The summed E-state index contributed by atoms with van der Waals surface area (Å²) in [5, 5.41) is 34.5. The van der Waals surface area contributed by atoms with Crippen molar-refractivity contribution >= 4 is 11.5 Å². The second kappa shape index (κ2) is 7.24. The van der Waals surface area contributed by atoms with Gasteiger partial charge in [0.2, 0.25) is 0 Å². The molecule has 0 amide bonds. The van der Waals surface area contributed by atoms with Crippen molar-refractivity contribution < 1.29 is 14.6 Å². The number of anilines is 1. The van der Waals surface area contributed by atoms with Crippen molar-refractivity contribution in [3.63, 3.8) is 0 Å². The van der Waals surface area contributed by atoms with E-state index < -0.39 is 5.82 Å². The Bertz CT molecular complexity index is 1120. The number of nitrogens with zero attached hydrogens (tertiary/aromatic N) is 6. The lowest BCUT2D eigenvalue weighted by atomic mass is 10.1. The molecule has 3 heterocycles. The van der Waals surface area contributed by atoms with E-state index in [1.807, 2.05) is 0 Å². The van der Waals surface area contributed by atoms with Crippen LogP contribution in [0.1, 0.15) is 18.5 Å². The van der Waals surface area contributed by atoms with E-state index in [4.69, 9.17) is 5.11 Å². The minimum absolute atomic E-state index is 0.00742. The Hall–Kier alpha value is -3.53. The minimum Gasteiger partial charge on any atom is -0.508 e. The van der Waals surface area contributed by atoms with Crippen LogP contribution in [0.25, 0.3) is 16.9 Å². The van der Waals surface area contributed by atoms with Crippen molar-refractivity contribution in [3.05, 3.63) is 54.2 Å². The molecule has 4 rings (SSSR count). The van der Waals surface area contributed by atoms with Gasteiger partial charge in [0, 0.05) is 11.8 Å². The number of halogens is 1. The summed E-state index contributed by atoms with van der Waals surface area (Å²) in [5.41, 5.74) is 2.28. The van der Waals surface area contributed by atoms with E-state index in [0.29, 0.717) is 34.8 Å². The van der Waals surface area contributed by atoms with Gasteiger partial charge in [-0.3, -0.25) is 0 Å². The Labute approximate surface area is 159 Å². The molecule has 3 N–H and O–H groups in total. The first kappa shape index (κ1) is 17.9. The van der Waals surface area contributed by atoms with Crippen LogP contribution in [-0.2, 0) is 6.54 Å². The number of aliphatic hydroxyl groups excluding tert-OH is 1. The molecule has 10 heteroatoms. The number of fused-ring (bicyclic) bond motifs is 1. The lowest BCUT2D eigenvalue weighted by Crippen LogP contribution is -2.09. The third-order valence-electron chi connectivity index (χ3n) is 4.33. The van der Waals surface area contributed by atoms with Crippen molar-refractivity contribution in [2.45, 2.75) is 19.5 Å². The van der Waals surface area contributed by atoms with E-state index in [9.17, 15) is 9.50 Å². The molecule has 0 aliphatic heterocycles. The largest absolute Gasteiger partial charge is 0.508 e. The fourth-order valence-corrected chi connectivity index (χ4v) is 2.94. The highest BCUT2D eigenvalue weighted by atomic mass is 19.1. The third-order valence-corrected chi connectivity index (χ3v) is 4.33. The maximum Gasteiger partial charge on any atom is 0.166 e. The lowest BCUT2D eigenvalue weighted by molar-refractivity contribution is 0.268. The summed E-state index contributed by atoms with van der Waals surface area (Å²) in [7, 11) is 0. The van der Waals surface area contributed by atoms with E-state index in [2.05, 4.69) is 25.7 Å². The highest BCUT2D eigenvalue weighted by Gasteiger charge is 2.15. The van der Waals surface area contributed by atoms with Gasteiger partial charge in [-0.25, -0.2) is 18.6 Å². The van der Waals surface area contributed by atoms with Crippen LogP contribution >= 0.6 is 0 Å². The lowest BCUT2D eigenvalue weighted by Gasteiger charge is -2.16. The Kier molecular flexibility index (Phi) is 4.62. The summed E-state index contributed by atoms with van der Waals surface area (Å²) in [6.45, 7) is 2.12. The molecule has 0 saturated heterocycles. The van der Waals surface area contributed by atoms with Gasteiger partial charge in [0.25, 0.3) is 0 Å². The second-order valence-electron chi connectivity index (χ2n) is 6.30. The third kappa shape index (κ3) is 3.37. The van der Waals surface area contributed by atoms with Gasteiger partial charge in [-0.2, -0.15) is 5.10 Å². The number of phenols is 1. The first-order valence-corrected chi connectivity index (χ1v) is 8.66. The van der Waals surface area contributed by atoms with Crippen LogP contribution < -0.4 is 5.32 Å². The van der Waals surface area contributed by atoms with Gasteiger partial charge >= 0.3 is 0 Å². The molecule has 0 radical (unpaired) electrons. The number of aromatic hydroxyl groups is 1. The van der Waals surface area contributed by atoms with E-state index in [1.54, 1.807) is 36.1 Å². The molecule has 1 aromatic carbocycles. The van der Waals surface area contributed by atoms with Crippen LogP contribution in [-0.4, -0.2) is 46.4 Å². The zero-order chi connectivity index (χ0) is 19.7. The highest BCUT2D eigenvalue weighted by Crippen LogP contribution is 2.28. The summed E-state index contributed by atoms with van der Waals surface area (Å²) in [6, 6.07) is 5.18. The number of aromatic nitrogens is 6. The molecule has 0 fully saturated rings. The SMILES string of the molecule is CC(Nc1ccn2ncc(-c3cn(CCO)nn3)c2n1)c1cc(F)ccc1O. The molecule has 1 atom stereocenters. The van der Waals surface area contributed by atoms with Crippen molar-refractivity contribution in [3.8, 4) is 17.0 Å². The van der Waals surface area contributed by atoms with Gasteiger partial charge in [0.1, 0.15) is 23.1 Å². The molecule has 1 unspecified atom stereocenters. The monoisotopic (exact) mass is 383 g/mol.